The Balaban J connectivity index is 2.05. The number of nitrogens with one attached hydrogen (secondary N) is 1. The maximum absolute atomic E-state index is 3.60. The molecule has 0 amide bonds. The van der Waals surface area contributed by atoms with Gasteiger partial charge in [0.25, 0.3) is 0 Å². The molecule has 0 aliphatic carbocycles. The first-order valence-electron chi connectivity index (χ1n) is 6.93. The Kier molecular flexibility index (Phi) is 4.39. The van der Waals surface area contributed by atoms with Crippen molar-refractivity contribution in [3.8, 4) is 0 Å². The van der Waals surface area contributed by atoms with E-state index in [0.29, 0.717) is 6.04 Å². The molecule has 1 heteroatoms. The third kappa shape index (κ3) is 3.24. The molecule has 0 saturated heterocycles. The third-order valence-corrected chi connectivity index (χ3v) is 4.07. The summed E-state index contributed by atoms with van der Waals surface area (Å²) >= 11 is 0. The van der Waals surface area contributed by atoms with Crippen LogP contribution in [0, 0.1) is 20.8 Å². The van der Waals surface area contributed by atoms with Gasteiger partial charge in [-0.05, 0) is 55.5 Å². The van der Waals surface area contributed by atoms with E-state index in [1.54, 1.807) is 0 Å². The molecule has 0 heterocycles. The van der Waals surface area contributed by atoms with E-state index in [-0.39, 0.29) is 0 Å². The highest BCUT2D eigenvalue weighted by molar-refractivity contribution is 5.38. The second-order valence-corrected chi connectivity index (χ2v) is 5.30. The minimum absolute atomic E-state index is 0.377. The summed E-state index contributed by atoms with van der Waals surface area (Å²) in [5.74, 6) is 0. The standard InChI is InChI=1S/C18H23N/c1-13-10-11-18(15(3)14(13)2)12-19-16(4)17-8-6-5-7-9-17/h5-11,16,19H,12H2,1-4H3/t16-/m1/s1. The monoisotopic (exact) mass is 253 g/mol. The van der Waals surface area contributed by atoms with Crippen LogP contribution in [0.15, 0.2) is 42.5 Å². The number of aryl methyl sites for hydroxylation is 1. The van der Waals surface area contributed by atoms with Crippen molar-refractivity contribution in [3.05, 3.63) is 70.3 Å². The molecule has 19 heavy (non-hydrogen) atoms. The summed E-state index contributed by atoms with van der Waals surface area (Å²) in [5.41, 5.74) is 6.92. The average molecular weight is 253 g/mol. The molecule has 1 atom stereocenters. The number of rotatable bonds is 4. The molecule has 0 saturated carbocycles. The molecule has 2 aromatic rings. The number of hydrogen-bond acceptors (Lipinski definition) is 1. The summed E-state index contributed by atoms with van der Waals surface area (Å²) in [6.07, 6.45) is 0. The van der Waals surface area contributed by atoms with Gasteiger partial charge in [-0.15, -0.1) is 0 Å². The van der Waals surface area contributed by atoms with Crippen LogP contribution >= 0.6 is 0 Å². The van der Waals surface area contributed by atoms with Gasteiger partial charge in [0.1, 0.15) is 0 Å². The summed E-state index contributed by atoms with van der Waals surface area (Å²) in [7, 11) is 0. The quantitative estimate of drug-likeness (QED) is 0.848. The molecular weight excluding hydrogens is 230 g/mol. The van der Waals surface area contributed by atoms with E-state index in [9.17, 15) is 0 Å². The zero-order valence-electron chi connectivity index (χ0n) is 12.3. The van der Waals surface area contributed by atoms with Crippen LogP contribution in [0.1, 0.15) is 40.8 Å². The topological polar surface area (TPSA) is 12.0 Å². The lowest BCUT2D eigenvalue weighted by atomic mass is 9.98. The fraction of sp³-hybridized carbons (Fsp3) is 0.333. The average Bonchev–Trinajstić information content (AvgIpc) is 2.45. The summed E-state index contributed by atoms with van der Waals surface area (Å²) in [6, 6.07) is 15.4. The van der Waals surface area contributed by atoms with Gasteiger partial charge >= 0.3 is 0 Å². The van der Waals surface area contributed by atoms with Gasteiger partial charge in [0.05, 0.1) is 0 Å². The van der Waals surface area contributed by atoms with Crippen molar-refractivity contribution in [2.45, 2.75) is 40.3 Å². The van der Waals surface area contributed by atoms with Gasteiger partial charge in [0.15, 0.2) is 0 Å². The SMILES string of the molecule is Cc1ccc(CN[C@H](C)c2ccccc2)c(C)c1C. The first-order valence-corrected chi connectivity index (χ1v) is 6.93. The molecule has 0 radical (unpaired) electrons. The highest BCUT2D eigenvalue weighted by atomic mass is 14.9. The van der Waals surface area contributed by atoms with Gasteiger partial charge < -0.3 is 5.32 Å². The zero-order chi connectivity index (χ0) is 13.8. The van der Waals surface area contributed by atoms with Crippen molar-refractivity contribution in [2.24, 2.45) is 0 Å². The van der Waals surface area contributed by atoms with Crippen LogP contribution in [-0.2, 0) is 6.54 Å². The maximum atomic E-state index is 3.60. The van der Waals surface area contributed by atoms with Crippen LogP contribution in [-0.4, -0.2) is 0 Å². The predicted molar refractivity (Wildman–Crippen MR) is 82.3 cm³/mol. The minimum Gasteiger partial charge on any atom is -0.306 e. The van der Waals surface area contributed by atoms with Gasteiger partial charge in [-0.1, -0.05) is 42.5 Å². The van der Waals surface area contributed by atoms with Gasteiger partial charge in [-0.25, -0.2) is 0 Å². The molecule has 0 aliphatic heterocycles. The Morgan fingerprint density at radius 1 is 0.895 bits per heavy atom. The molecule has 0 spiro atoms. The molecule has 2 rings (SSSR count). The molecule has 0 fully saturated rings. The smallest absolute Gasteiger partial charge is 0.0294 e. The van der Waals surface area contributed by atoms with E-state index in [1.807, 2.05) is 0 Å². The summed E-state index contributed by atoms with van der Waals surface area (Å²) < 4.78 is 0. The van der Waals surface area contributed by atoms with Gasteiger partial charge in [-0.3, -0.25) is 0 Å². The van der Waals surface area contributed by atoms with E-state index in [2.05, 4.69) is 75.5 Å². The summed E-state index contributed by atoms with van der Waals surface area (Å²) in [5, 5.41) is 3.60. The molecular formula is C18H23N. The van der Waals surface area contributed by atoms with Crippen molar-refractivity contribution >= 4 is 0 Å². The summed E-state index contributed by atoms with van der Waals surface area (Å²) in [6.45, 7) is 9.72. The molecule has 0 unspecified atom stereocenters. The van der Waals surface area contributed by atoms with E-state index in [1.165, 1.54) is 27.8 Å². The van der Waals surface area contributed by atoms with Gasteiger partial charge in [0.2, 0.25) is 0 Å². The van der Waals surface area contributed by atoms with Crippen LogP contribution in [0.3, 0.4) is 0 Å². The molecule has 2 aromatic carbocycles. The maximum Gasteiger partial charge on any atom is 0.0294 e. The van der Waals surface area contributed by atoms with E-state index < -0.39 is 0 Å². The first-order chi connectivity index (χ1) is 9.09. The Morgan fingerprint density at radius 3 is 2.26 bits per heavy atom. The van der Waals surface area contributed by atoms with E-state index >= 15 is 0 Å². The van der Waals surface area contributed by atoms with E-state index in [0.717, 1.165) is 6.54 Å². The Labute approximate surface area is 116 Å². The Bertz CT molecular complexity index is 543. The number of benzene rings is 2. The highest BCUT2D eigenvalue weighted by Crippen LogP contribution is 2.18. The van der Waals surface area contributed by atoms with Crippen LogP contribution in [0.2, 0.25) is 0 Å². The molecule has 100 valence electrons. The fourth-order valence-electron chi connectivity index (χ4n) is 2.33. The lowest BCUT2D eigenvalue weighted by molar-refractivity contribution is 0.573. The van der Waals surface area contributed by atoms with Crippen molar-refractivity contribution in [1.82, 2.24) is 5.32 Å². The molecule has 1 N–H and O–H groups in total. The minimum atomic E-state index is 0.377. The molecule has 0 aliphatic rings. The molecule has 0 aromatic heterocycles. The second-order valence-electron chi connectivity index (χ2n) is 5.30. The summed E-state index contributed by atoms with van der Waals surface area (Å²) in [4.78, 5) is 0. The normalized spacial score (nSPS) is 12.4. The van der Waals surface area contributed by atoms with Gasteiger partial charge in [0, 0.05) is 12.6 Å². The predicted octanol–water partition coefficient (Wildman–Crippen LogP) is 4.46. The van der Waals surface area contributed by atoms with Crippen LogP contribution in [0.25, 0.3) is 0 Å². The van der Waals surface area contributed by atoms with Crippen LogP contribution in [0.5, 0.6) is 0 Å². The van der Waals surface area contributed by atoms with Crippen molar-refractivity contribution in [3.63, 3.8) is 0 Å². The van der Waals surface area contributed by atoms with Crippen molar-refractivity contribution in [1.29, 1.82) is 0 Å². The lowest BCUT2D eigenvalue weighted by Gasteiger charge is -2.17. The lowest BCUT2D eigenvalue weighted by Crippen LogP contribution is -2.18. The van der Waals surface area contributed by atoms with Gasteiger partial charge in [-0.2, -0.15) is 0 Å². The molecule has 0 bridgehead atoms. The third-order valence-electron chi connectivity index (χ3n) is 4.07. The highest BCUT2D eigenvalue weighted by Gasteiger charge is 2.07. The zero-order valence-corrected chi connectivity index (χ0v) is 12.3. The fourth-order valence-corrected chi connectivity index (χ4v) is 2.33. The Hall–Kier alpha value is -1.60. The van der Waals surface area contributed by atoms with Crippen molar-refractivity contribution < 1.29 is 0 Å². The van der Waals surface area contributed by atoms with Crippen LogP contribution < -0.4 is 5.32 Å². The van der Waals surface area contributed by atoms with Crippen molar-refractivity contribution in [2.75, 3.05) is 0 Å². The van der Waals surface area contributed by atoms with Crippen LogP contribution in [0.4, 0.5) is 0 Å². The molecule has 1 nitrogen and oxygen atoms in total. The Morgan fingerprint density at radius 2 is 1.58 bits per heavy atom. The van der Waals surface area contributed by atoms with E-state index in [4.69, 9.17) is 0 Å². The first kappa shape index (κ1) is 13.8. The largest absolute Gasteiger partial charge is 0.306 e. The second kappa shape index (κ2) is 6.03. The number of hydrogen-bond donors (Lipinski definition) is 1.